The van der Waals surface area contributed by atoms with Crippen molar-refractivity contribution < 1.29 is 14.3 Å². The zero-order valence-electron chi connectivity index (χ0n) is 16.3. The lowest BCUT2D eigenvalue weighted by molar-refractivity contribution is 0.0692. The number of carbonyl (C=O) groups is 2. The van der Waals surface area contributed by atoms with E-state index in [4.69, 9.17) is 16.3 Å². The first-order chi connectivity index (χ1) is 13.9. The lowest BCUT2D eigenvalue weighted by Gasteiger charge is -2.17. The largest absolute Gasteiger partial charge is 0.377 e. The molecule has 2 atom stereocenters. The smallest absolute Gasteiger partial charge is 0.283 e. The van der Waals surface area contributed by atoms with Gasteiger partial charge in [-0.15, -0.1) is 22.7 Å². The van der Waals surface area contributed by atoms with Gasteiger partial charge in [-0.3, -0.25) is 9.59 Å². The predicted octanol–water partition coefficient (Wildman–Crippen LogP) is 2.16. The summed E-state index contributed by atoms with van der Waals surface area (Å²) >= 11 is 8.65. The first kappa shape index (κ1) is 20.7. The van der Waals surface area contributed by atoms with Crippen molar-refractivity contribution in [1.29, 1.82) is 0 Å². The van der Waals surface area contributed by atoms with Gasteiger partial charge < -0.3 is 19.9 Å². The van der Waals surface area contributed by atoms with Gasteiger partial charge in [-0.1, -0.05) is 11.6 Å². The molecule has 0 radical (unpaired) electrons. The van der Waals surface area contributed by atoms with Crippen molar-refractivity contribution in [2.24, 2.45) is 0 Å². The van der Waals surface area contributed by atoms with Gasteiger partial charge >= 0.3 is 0 Å². The van der Waals surface area contributed by atoms with Crippen LogP contribution in [-0.2, 0) is 17.6 Å². The Balaban J connectivity index is 1.43. The van der Waals surface area contributed by atoms with E-state index in [9.17, 15) is 9.59 Å². The standard InChI is InChI=1S/C19H23ClN4O3S2/c1-23-7-5-11-14(6-8-23)29-18(22-11)19(26)24-9-12(13(10-24)27-2)21-17(25)15-3-4-16(20)28-15/h3-4,12-13H,5-10H2,1-2H3,(H,21,25)/t12-,13-/m0/s1. The molecule has 1 N–H and O–H groups in total. The van der Waals surface area contributed by atoms with Crippen LogP contribution in [-0.4, -0.2) is 79.1 Å². The predicted molar refractivity (Wildman–Crippen MR) is 114 cm³/mol. The minimum Gasteiger partial charge on any atom is -0.377 e. The molecule has 1 saturated heterocycles. The monoisotopic (exact) mass is 454 g/mol. The van der Waals surface area contributed by atoms with Crippen molar-refractivity contribution >= 4 is 46.1 Å². The number of aromatic nitrogens is 1. The van der Waals surface area contributed by atoms with E-state index in [-0.39, 0.29) is 24.0 Å². The van der Waals surface area contributed by atoms with Gasteiger partial charge in [0.1, 0.15) is 0 Å². The summed E-state index contributed by atoms with van der Waals surface area (Å²) in [7, 11) is 3.71. The van der Waals surface area contributed by atoms with Crippen LogP contribution in [0, 0.1) is 0 Å². The van der Waals surface area contributed by atoms with Gasteiger partial charge in [-0.2, -0.15) is 0 Å². The molecule has 2 aromatic heterocycles. The average molecular weight is 455 g/mol. The molecule has 4 rings (SSSR count). The molecule has 0 bridgehead atoms. The minimum atomic E-state index is -0.274. The molecule has 7 nitrogen and oxygen atoms in total. The van der Waals surface area contributed by atoms with E-state index in [2.05, 4.69) is 22.2 Å². The van der Waals surface area contributed by atoms with E-state index in [0.29, 0.717) is 27.3 Å². The molecule has 1 fully saturated rings. The van der Waals surface area contributed by atoms with Crippen LogP contribution in [0.5, 0.6) is 0 Å². The highest BCUT2D eigenvalue weighted by Crippen LogP contribution is 2.26. The summed E-state index contributed by atoms with van der Waals surface area (Å²) in [6.45, 7) is 2.77. The zero-order chi connectivity index (χ0) is 20.5. The lowest BCUT2D eigenvalue weighted by Crippen LogP contribution is -2.43. The molecule has 0 aliphatic carbocycles. The number of hydrogen-bond donors (Lipinski definition) is 1. The summed E-state index contributed by atoms with van der Waals surface area (Å²) in [5.41, 5.74) is 1.05. The lowest BCUT2D eigenvalue weighted by atomic mass is 10.2. The number of fused-ring (bicyclic) bond motifs is 1. The third kappa shape index (κ3) is 4.49. The SMILES string of the molecule is CO[C@H]1CN(C(=O)c2nc3c(s2)CCN(C)CC3)C[C@@H]1NC(=O)c1ccc(Cl)s1. The molecule has 0 spiro atoms. The summed E-state index contributed by atoms with van der Waals surface area (Å²) in [5, 5.41) is 3.51. The Morgan fingerprint density at radius 2 is 2.03 bits per heavy atom. The number of ether oxygens (including phenoxy) is 1. The molecule has 0 unspecified atom stereocenters. The molecule has 29 heavy (non-hydrogen) atoms. The van der Waals surface area contributed by atoms with Crippen LogP contribution < -0.4 is 5.32 Å². The van der Waals surface area contributed by atoms with Crippen molar-refractivity contribution in [2.45, 2.75) is 25.0 Å². The molecule has 0 aromatic carbocycles. The molecule has 2 aromatic rings. The maximum atomic E-state index is 13.1. The Kier molecular flexibility index (Phi) is 6.21. The number of rotatable bonds is 4. The Labute approximate surface area is 182 Å². The summed E-state index contributed by atoms with van der Waals surface area (Å²) in [6.07, 6.45) is 1.54. The van der Waals surface area contributed by atoms with Gasteiger partial charge in [-0.25, -0.2) is 4.98 Å². The quantitative estimate of drug-likeness (QED) is 0.766. The Morgan fingerprint density at radius 3 is 2.76 bits per heavy atom. The number of likely N-dealkylation sites (N-methyl/N-ethyl adjacent to an activating group) is 1. The highest BCUT2D eigenvalue weighted by Gasteiger charge is 2.38. The van der Waals surface area contributed by atoms with Crippen LogP contribution in [0.3, 0.4) is 0 Å². The second kappa shape index (κ2) is 8.69. The molecule has 2 aliphatic heterocycles. The fraction of sp³-hybridized carbons (Fsp3) is 0.526. The van der Waals surface area contributed by atoms with Crippen LogP contribution in [0.15, 0.2) is 12.1 Å². The van der Waals surface area contributed by atoms with Gasteiger partial charge in [0, 0.05) is 44.6 Å². The summed E-state index contributed by atoms with van der Waals surface area (Å²) in [4.78, 5) is 35.9. The topological polar surface area (TPSA) is 74.8 Å². The average Bonchev–Trinajstić information content (AvgIpc) is 3.40. The number of methoxy groups -OCH3 is 1. The number of thiophene rings is 1. The van der Waals surface area contributed by atoms with Crippen LogP contribution >= 0.6 is 34.3 Å². The van der Waals surface area contributed by atoms with Crippen molar-refractivity contribution in [2.75, 3.05) is 40.3 Å². The Morgan fingerprint density at radius 1 is 1.24 bits per heavy atom. The molecule has 4 heterocycles. The van der Waals surface area contributed by atoms with Crippen molar-refractivity contribution in [3.8, 4) is 0 Å². The number of nitrogens with one attached hydrogen (secondary N) is 1. The molecule has 0 saturated carbocycles. The summed E-state index contributed by atoms with van der Waals surface area (Å²) < 4.78 is 6.10. The fourth-order valence-electron chi connectivity index (χ4n) is 3.69. The molecule has 2 aliphatic rings. The van der Waals surface area contributed by atoms with Crippen LogP contribution in [0.1, 0.15) is 30.0 Å². The van der Waals surface area contributed by atoms with Gasteiger partial charge in [-0.05, 0) is 25.6 Å². The number of carbonyl (C=O) groups excluding carboxylic acids is 2. The Bertz CT molecular complexity index is 890. The maximum Gasteiger partial charge on any atom is 0.283 e. The minimum absolute atomic E-state index is 0.0885. The van der Waals surface area contributed by atoms with Gasteiger partial charge in [0.15, 0.2) is 5.01 Å². The summed E-state index contributed by atoms with van der Waals surface area (Å²) in [6, 6.07) is 3.12. The first-order valence-corrected chi connectivity index (χ1v) is 11.5. The van der Waals surface area contributed by atoms with E-state index in [1.165, 1.54) is 27.6 Å². The number of thiazole rings is 1. The second-order valence-electron chi connectivity index (χ2n) is 7.36. The molecular weight excluding hydrogens is 432 g/mol. The normalized spacial score (nSPS) is 22.4. The number of likely N-dealkylation sites (tertiary alicyclic amines) is 1. The van der Waals surface area contributed by atoms with Gasteiger partial charge in [0.2, 0.25) is 0 Å². The molecule has 156 valence electrons. The fourth-order valence-corrected chi connectivity index (χ4v) is 5.71. The summed E-state index contributed by atoms with van der Waals surface area (Å²) in [5.74, 6) is -0.289. The van der Waals surface area contributed by atoms with Crippen LogP contribution in [0.2, 0.25) is 4.34 Å². The molecule has 2 amide bonds. The van der Waals surface area contributed by atoms with Crippen molar-refractivity contribution in [3.05, 3.63) is 36.9 Å². The van der Waals surface area contributed by atoms with Crippen LogP contribution in [0.25, 0.3) is 0 Å². The van der Waals surface area contributed by atoms with E-state index < -0.39 is 0 Å². The van der Waals surface area contributed by atoms with E-state index in [1.807, 2.05) is 0 Å². The maximum absolute atomic E-state index is 13.1. The Hall–Kier alpha value is -1.52. The second-order valence-corrected chi connectivity index (χ2v) is 10.2. The molecular formula is C19H23ClN4O3S2. The zero-order valence-corrected chi connectivity index (χ0v) is 18.7. The highest BCUT2D eigenvalue weighted by atomic mass is 35.5. The number of nitrogens with zero attached hydrogens (tertiary/aromatic N) is 3. The van der Waals surface area contributed by atoms with Gasteiger partial charge in [0.05, 0.1) is 27.1 Å². The number of hydrogen-bond acceptors (Lipinski definition) is 7. The van der Waals surface area contributed by atoms with Gasteiger partial charge in [0.25, 0.3) is 11.8 Å². The number of halogens is 1. The van der Waals surface area contributed by atoms with Crippen molar-refractivity contribution in [1.82, 2.24) is 20.1 Å². The number of amides is 2. The first-order valence-electron chi connectivity index (χ1n) is 9.50. The van der Waals surface area contributed by atoms with E-state index in [0.717, 1.165) is 31.6 Å². The van der Waals surface area contributed by atoms with Crippen molar-refractivity contribution in [3.63, 3.8) is 0 Å². The van der Waals surface area contributed by atoms with E-state index >= 15 is 0 Å². The third-order valence-corrected chi connectivity index (χ3v) is 7.76. The third-order valence-electron chi connectivity index (χ3n) is 5.38. The van der Waals surface area contributed by atoms with Crippen LogP contribution in [0.4, 0.5) is 0 Å². The molecule has 10 heteroatoms. The highest BCUT2D eigenvalue weighted by molar-refractivity contribution is 7.18. The van der Waals surface area contributed by atoms with E-state index in [1.54, 1.807) is 24.1 Å².